The van der Waals surface area contributed by atoms with E-state index < -0.39 is 34.1 Å². The zero-order valence-corrected chi connectivity index (χ0v) is 26.8. The quantitative estimate of drug-likeness (QED) is 0.224. The number of nitrogens with zero attached hydrogens (tertiary/aromatic N) is 2. The van der Waals surface area contributed by atoms with Gasteiger partial charge in [-0.3, -0.25) is 13.9 Å². The van der Waals surface area contributed by atoms with E-state index in [2.05, 4.69) is 5.32 Å². The van der Waals surface area contributed by atoms with Crippen molar-refractivity contribution < 1.29 is 18.0 Å². The number of hydrogen-bond donors (Lipinski definition) is 1. The maximum atomic E-state index is 14.5. The highest BCUT2D eigenvalue weighted by Gasteiger charge is 2.35. The number of aryl methyl sites for hydroxylation is 2. The summed E-state index contributed by atoms with van der Waals surface area (Å²) in [6, 6.07) is 31.5. The first kappa shape index (κ1) is 32.5. The van der Waals surface area contributed by atoms with Gasteiger partial charge in [0, 0.05) is 18.5 Å². The van der Waals surface area contributed by atoms with Gasteiger partial charge in [-0.05, 0) is 75.6 Å². The van der Waals surface area contributed by atoms with Gasteiger partial charge in [0.05, 0.1) is 10.6 Å². The van der Waals surface area contributed by atoms with Crippen LogP contribution in [0.4, 0.5) is 5.69 Å². The summed E-state index contributed by atoms with van der Waals surface area (Å²) in [6.07, 6.45) is 0.260. The van der Waals surface area contributed by atoms with E-state index in [1.54, 1.807) is 36.4 Å². The number of carbonyl (C=O) groups is 2. The van der Waals surface area contributed by atoms with Gasteiger partial charge in [-0.15, -0.1) is 0 Å². The minimum absolute atomic E-state index is 0.0749. The Bertz CT molecular complexity index is 1680. The number of benzene rings is 4. The van der Waals surface area contributed by atoms with E-state index in [4.69, 9.17) is 0 Å². The first-order chi connectivity index (χ1) is 20.8. The minimum atomic E-state index is -4.13. The molecule has 1 atom stereocenters. The largest absolute Gasteiger partial charge is 0.350 e. The van der Waals surface area contributed by atoms with Gasteiger partial charge >= 0.3 is 0 Å². The average Bonchev–Trinajstić information content (AvgIpc) is 2.97. The number of hydrogen-bond acceptors (Lipinski definition) is 4. The molecule has 0 heterocycles. The molecular formula is C36H41N3O4S. The van der Waals surface area contributed by atoms with Gasteiger partial charge in [0.25, 0.3) is 10.0 Å². The van der Waals surface area contributed by atoms with Crippen LogP contribution in [0.15, 0.2) is 114 Å². The van der Waals surface area contributed by atoms with Gasteiger partial charge in [0.1, 0.15) is 12.6 Å². The van der Waals surface area contributed by atoms with Gasteiger partial charge < -0.3 is 10.2 Å². The lowest BCUT2D eigenvalue weighted by Gasteiger charge is -2.35. The summed E-state index contributed by atoms with van der Waals surface area (Å²) in [5.41, 5.74) is 3.42. The summed E-state index contributed by atoms with van der Waals surface area (Å²) in [7, 11) is -4.13. The Kier molecular flexibility index (Phi) is 10.3. The molecule has 4 rings (SSSR count). The van der Waals surface area contributed by atoms with Crippen molar-refractivity contribution in [2.75, 3.05) is 10.8 Å². The number of anilines is 1. The molecule has 0 aliphatic heterocycles. The molecule has 4 aromatic rings. The summed E-state index contributed by atoms with van der Waals surface area (Å²) in [6.45, 7) is 9.16. The maximum Gasteiger partial charge on any atom is 0.264 e. The van der Waals surface area contributed by atoms with E-state index in [0.29, 0.717) is 5.69 Å². The number of nitrogens with one attached hydrogen (secondary N) is 1. The Morgan fingerprint density at radius 3 is 1.91 bits per heavy atom. The zero-order valence-electron chi connectivity index (χ0n) is 26.0. The van der Waals surface area contributed by atoms with E-state index in [-0.39, 0.29) is 23.8 Å². The van der Waals surface area contributed by atoms with Crippen molar-refractivity contribution in [1.82, 2.24) is 10.2 Å². The molecule has 0 spiro atoms. The molecule has 0 aromatic heterocycles. The molecule has 0 saturated carbocycles. The van der Waals surface area contributed by atoms with Crippen LogP contribution < -0.4 is 9.62 Å². The molecule has 0 aliphatic rings. The van der Waals surface area contributed by atoms with E-state index in [1.807, 2.05) is 95.3 Å². The Balaban J connectivity index is 1.82. The molecule has 0 bridgehead atoms. The van der Waals surface area contributed by atoms with Crippen molar-refractivity contribution >= 4 is 27.5 Å². The van der Waals surface area contributed by atoms with Crippen LogP contribution in [0.25, 0.3) is 0 Å². The Labute approximate surface area is 261 Å². The van der Waals surface area contributed by atoms with Gasteiger partial charge in [0.15, 0.2) is 0 Å². The van der Waals surface area contributed by atoms with Crippen molar-refractivity contribution in [3.8, 4) is 0 Å². The molecular weight excluding hydrogens is 570 g/mol. The van der Waals surface area contributed by atoms with Crippen molar-refractivity contribution in [2.45, 2.75) is 64.1 Å². The van der Waals surface area contributed by atoms with Crippen LogP contribution >= 0.6 is 0 Å². The molecule has 0 radical (unpaired) electrons. The molecule has 0 saturated heterocycles. The normalized spacial score (nSPS) is 12.3. The van der Waals surface area contributed by atoms with Crippen molar-refractivity contribution in [3.63, 3.8) is 0 Å². The van der Waals surface area contributed by atoms with E-state index in [0.717, 1.165) is 26.6 Å². The highest BCUT2D eigenvalue weighted by molar-refractivity contribution is 7.92. The van der Waals surface area contributed by atoms with Crippen LogP contribution in [-0.2, 0) is 32.6 Å². The van der Waals surface area contributed by atoms with Gasteiger partial charge in [-0.1, -0.05) is 90.5 Å². The number of amides is 2. The molecule has 2 amide bonds. The fraction of sp³-hybridized carbons (Fsp3) is 0.278. The summed E-state index contributed by atoms with van der Waals surface area (Å²) < 4.78 is 29.3. The lowest BCUT2D eigenvalue weighted by Crippen LogP contribution is -2.56. The second-order valence-corrected chi connectivity index (χ2v) is 14.0. The standard InChI is InChI=1S/C36H41N3O4S/c1-27-14-12-18-30(22-27)25-38(33(35(41)37-36(3,4)5)24-29-16-8-6-9-17-29)34(40)26-39(31-19-13-15-28(2)23-31)44(42,43)32-20-10-7-11-21-32/h6-23,33H,24-26H2,1-5H3,(H,37,41). The Morgan fingerprint density at radius 1 is 0.750 bits per heavy atom. The van der Waals surface area contributed by atoms with Crippen LogP contribution in [-0.4, -0.2) is 43.3 Å². The van der Waals surface area contributed by atoms with Gasteiger partial charge in [-0.2, -0.15) is 0 Å². The number of rotatable bonds is 11. The predicted octanol–water partition coefficient (Wildman–Crippen LogP) is 6.05. The van der Waals surface area contributed by atoms with Crippen LogP contribution in [0, 0.1) is 13.8 Å². The summed E-state index contributed by atoms with van der Waals surface area (Å²) >= 11 is 0. The number of sulfonamides is 1. The second-order valence-electron chi connectivity index (χ2n) is 12.1. The molecule has 1 N–H and O–H groups in total. The highest BCUT2D eigenvalue weighted by Crippen LogP contribution is 2.26. The monoisotopic (exact) mass is 611 g/mol. The smallest absolute Gasteiger partial charge is 0.264 e. The molecule has 0 fully saturated rings. The second kappa shape index (κ2) is 13.9. The van der Waals surface area contributed by atoms with E-state index >= 15 is 0 Å². The third-order valence-corrected chi connectivity index (χ3v) is 8.89. The molecule has 0 aliphatic carbocycles. The topological polar surface area (TPSA) is 86.8 Å². The molecule has 8 heteroatoms. The fourth-order valence-corrected chi connectivity index (χ4v) is 6.47. The Hall–Kier alpha value is -4.43. The van der Waals surface area contributed by atoms with Gasteiger partial charge in [0.2, 0.25) is 11.8 Å². The molecule has 230 valence electrons. The van der Waals surface area contributed by atoms with E-state index in [1.165, 1.54) is 17.0 Å². The van der Waals surface area contributed by atoms with Crippen LogP contribution in [0.1, 0.15) is 43.0 Å². The zero-order chi connectivity index (χ0) is 31.9. The molecule has 4 aromatic carbocycles. The first-order valence-electron chi connectivity index (χ1n) is 14.7. The summed E-state index contributed by atoms with van der Waals surface area (Å²) in [4.78, 5) is 30.1. The lowest BCUT2D eigenvalue weighted by atomic mass is 10.0. The predicted molar refractivity (Wildman–Crippen MR) is 176 cm³/mol. The highest BCUT2D eigenvalue weighted by atomic mass is 32.2. The SMILES string of the molecule is Cc1cccc(CN(C(=O)CN(c2cccc(C)c2)S(=O)(=O)c2ccccc2)C(Cc2ccccc2)C(=O)NC(C)(C)C)c1. The third-order valence-electron chi connectivity index (χ3n) is 7.10. The molecule has 1 unspecified atom stereocenters. The van der Waals surface area contributed by atoms with Crippen molar-refractivity contribution in [2.24, 2.45) is 0 Å². The first-order valence-corrected chi connectivity index (χ1v) is 16.1. The Morgan fingerprint density at radius 2 is 1.32 bits per heavy atom. The molecule has 7 nitrogen and oxygen atoms in total. The lowest BCUT2D eigenvalue weighted by molar-refractivity contribution is -0.140. The minimum Gasteiger partial charge on any atom is -0.350 e. The van der Waals surface area contributed by atoms with Crippen LogP contribution in [0.3, 0.4) is 0 Å². The van der Waals surface area contributed by atoms with E-state index in [9.17, 15) is 18.0 Å². The average molecular weight is 612 g/mol. The maximum absolute atomic E-state index is 14.5. The third kappa shape index (κ3) is 8.57. The van der Waals surface area contributed by atoms with Gasteiger partial charge in [-0.25, -0.2) is 8.42 Å². The van der Waals surface area contributed by atoms with Crippen LogP contribution in [0.2, 0.25) is 0 Å². The van der Waals surface area contributed by atoms with Crippen molar-refractivity contribution in [1.29, 1.82) is 0 Å². The molecule has 44 heavy (non-hydrogen) atoms. The van der Waals surface area contributed by atoms with Crippen molar-refractivity contribution in [3.05, 3.63) is 131 Å². The summed E-state index contributed by atoms with van der Waals surface area (Å²) in [5, 5.41) is 3.06. The van der Waals surface area contributed by atoms with Crippen LogP contribution in [0.5, 0.6) is 0 Å². The number of carbonyl (C=O) groups excluding carboxylic acids is 2. The fourth-order valence-electron chi connectivity index (χ4n) is 5.05. The summed E-state index contributed by atoms with van der Waals surface area (Å²) in [5.74, 6) is -0.798.